The van der Waals surface area contributed by atoms with Crippen molar-refractivity contribution < 1.29 is 33.1 Å². The van der Waals surface area contributed by atoms with E-state index in [2.05, 4.69) is 42.7 Å². The smallest absolute Gasteiger partial charge is 0.469 e. The highest BCUT2D eigenvalue weighted by Gasteiger charge is 2.21. The Balaban J connectivity index is 3.86. The standard InChI is InChI=1S/C40H75O7P/c1-3-5-7-9-11-13-15-17-19-20-21-22-24-26-28-30-32-34-36-45-37-39(38-46-48(42,43)44)47-40(41)35-33-31-29-27-25-23-18-16-14-12-10-8-6-4-2/h10,12,16,18,34,36,39H,3-9,11,13-15,17,19-33,35,37-38H2,1-2H3,(H2,42,43,44)/b12-10-,18-16-,36-34-/t39-/m1/s1. The van der Waals surface area contributed by atoms with Gasteiger partial charge in [-0.25, -0.2) is 4.57 Å². The molecule has 7 nitrogen and oxygen atoms in total. The molecule has 0 aliphatic rings. The Hall–Kier alpha value is -1.40. The van der Waals surface area contributed by atoms with Crippen LogP contribution in [-0.4, -0.2) is 35.1 Å². The van der Waals surface area contributed by atoms with Gasteiger partial charge in [0.25, 0.3) is 0 Å². The molecule has 0 spiro atoms. The Morgan fingerprint density at radius 1 is 0.562 bits per heavy atom. The van der Waals surface area contributed by atoms with Gasteiger partial charge in [-0.05, 0) is 51.0 Å². The summed E-state index contributed by atoms with van der Waals surface area (Å²) in [6, 6.07) is 0. The van der Waals surface area contributed by atoms with Gasteiger partial charge in [-0.2, -0.15) is 0 Å². The quantitative estimate of drug-likeness (QED) is 0.0219. The average molecular weight is 699 g/mol. The second-order valence-corrected chi connectivity index (χ2v) is 14.6. The maximum atomic E-state index is 12.3. The van der Waals surface area contributed by atoms with Crippen LogP contribution < -0.4 is 0 Å². The molecule has 0 rings (SSSR count). The lowest BCUT2D eigenvalue weighted by atomic mass is 10.0. The van der Waals surface area contributed by atoms with Gasteiger partial charge in [0.05, 0.1) is 12.9 Å². The lowest BCUT2D eigenvalue weighted by Gasteiger charge is -2.18. The summed E-state index contributed by atoms with van der Waals surface area (Å²) in [5, 5.41) is 0. The summed E-state index contributed by atoms with van der Waals surface area (Å²) in [5.41, 5.74) is 0. The highest BCUT2D eigenvalue weighted by molar-refractivity contribution is 7.46. The zero-order valence-electron chi connectivity index (χ0n) is 31.1. The zero-order valence-corrected chi connectivity index (χ0v) is 32.0. The molecule has 0 aliphatic carbocycles. The number of hydrogen-bond acceptors (Lipinski definition) is 5. The van der Waals surface area contributed by atoms with E-state index in [9.17, 15) is 9.36 Å². The summed E-state index contributed by atoms with van der Waals surface area (Å²) in [4.78, 5) is 30.5. The van der Waals surface area contributed by atoms with Crippen molar-refractivity contribution in [2.75, 3.05) is 13.2 Å². The molecule has 0 aromatic carbocycles. The highest BCUT2D eigenvalue weighted by atomic mass is 31.2. The maximum absolute atomic E-state index is 12.3. The fourth-order valence-corrected chi connectivity index (χ4v) is 5.90. The molecule has 0 unspecified atom stereocenters. The monoisotopic (exact) mass is 699 g/mol. The molecule has 1 atom stereocenters. The van der Waals surface area contributed by atoms with Gasteiger partial charge in [0, 0.05) is 6.42 Å². The third-order valence-electron chi connectivity index (χ3n) is 8.51. The van der Waals surface area contributed by atoms with Gasteiger partial charge in [0.15, 0.2) is 6.10 Å². The second kappa shape index (κ2) is 36.9. The summed E-state index contributed by atoms with van der Waals surface area (Å²) in [6.07, 6.45) is 45.1. The molecule has 0 radical (unpaired) electrons. The summed E-state index contributed by atoms with van der Waals surface area (Å²) >= 11 is 0. The van der Waals surface area contributed by atoms with Crippen molar-refractivity contribution in [3.8, 4) is 0 Å². The Morgan fingerprint density at radius 3 is 1.50 bits per heavy atom. The number of phosphoric ester groups is 1. The molecule has 0 saturated heterocycles. The SMILES string of the molecule is CCCC/C=C\C/C=C\CCCCCCCC(=O)O[C@H](CO/C=C\CCCCCCCCCCCCCCCCCC)COP(=O)(O)O. The molecule has 282 valence electrons. The van der Waals surface area contributed by atoms with Gasteiger partial charge in [0.1, 0.15) is 6.61 Å². The normalized spacial score (nSPS) is 12.9. The first-order valence-corrected chi connectivity index (χ1v) is 21.4. The third-order valence-corrected chi connectivity index (χ3v) is 8.99. The predicted octanol–water partition coefficient (Wildman–Crippen LogP) is 12.6. The largest absolute Gasteiger partial charge is 0.498 e. The fraction of sp³-hybridized carbons (Fsp3) is 0.825. The summed E-state index contributed by atoms with van der Waals surface area (Å²) < 4.78 is 26.7. The molecular formula is C40H75O7P. The van der Waals surface area contributed by atoms with Crippen LogP contribution in [0.15, 0.2) is 36.6 Å². The number of carbonyl (C=O) groups is 1. The van der Waals surface area contributed by atoms with E-state index in [0.717, 1.165) is 57.8 Å². The molecule has 48 heavy (non-hydrogen) atoms. The van der Waals surface area contributed by atoms with Crippen LogP contribution in [-0.2, 0) is 23.4 Å². The van der Waals surface area contributed by atoms with Crippen LogP contribution in [0.1, 0.15) is 194 Å². The molecular weight excluding hydrogens is 623 g/mol. The van der Waals surface area contributed by atoms with Crippen LogP contribution in [0.2, 0.25) is 0 Å². The molecule has 0 bridgehead atoms. The van der Waals surface area contributed by atoms with Gasteiger partial charge >= 0.3 is 13.8 Å². The molecule has 0 heterocycles. The van der Waals surface area contributed by atoms with Gasteiger partial charge in [-0.15, -0.1) is 0 Å². The number of phosphoric acid groups is 1. The third kappa shape index (κ3) is 39.0. The molecule has 0 aromatic heterocycles. The number of hydrogen-bond donors (Lipinski definition) is 2. The Morgan fingerprint density at radius 2 is 1.00 bits per heavy atom. The fourth-order valence-electron chi connectivity index (χ4n) is 5.54. The number of carbonyl (C=O) groups excluding carboxylic acids is 1. The van der Waals surface area contributed by atoms with Crippen molar-refractivity contribution in [3.05, 3.63) is 36.6 Å². The first-order valence-electron chi connectivity index (χ1n) is 19.8. The molecule has 0 aliphatic heterocycles. The first kappa shape index (κ1) is 46.6. The van der Waals surface area contributed by atoms with E-state index in [1.165, 1.54) is 116 Å². The molecule has 0 aromatic rings. The summed E-state index contributed by atoms with van der Waals surface area (Å²) in [6.45, 7) is 4.06. The minimum atomic E-state index is -4.67. The van der Waals surface area contributed by atoms with Crippen LogP contribution in [0.3, 0.4) is 0 Å². The van der Waals surface area contributed by atoms with Gasteiger partial charge < -0.3 is 19.3 Å². The predicted molar refractivity (Wildman–Crippen MR) is 202 cm³/mol. The lowest BCUT2D eigenvalue weighted by molar-refractivity contribution is -0.153. The maximum Gasteiger partial charge on any atom is 0.469 e. The average Bonchev–Trinajstić information content (AvgIpc) is 3.06. The van der Waals surface area contributed by atoms with Gasteiger partial charge in [-0.3, -0.25) is 9.32 Å². The van der Waals surface area contributed by atoms with Crippen molar-refractivity contribution in [1.29, 1.82) is 0 Å². The van der Waals surface area contributed by atoms with Crippen molar-refractivity contribution in [1.82, 2.24) is 0 Å². The second-order valence-electron chi connectivity index (χ2n) is 13.3. The number of esters is 1. The molecule has 0 amide bonds. The number of ether oxygens (including phenoxy) is 2. The molecule has 0 fully saturated rings. The van der Waals surface area contributed by atoms with E-state index < -0.39 is 26.5 Å². The van der Waals surface area contributed by atoms with Gasteiger partial charge in [0.2, 0.25) is 0 Å². The van der Waals surface area contributed by atoms with Gasteiger partial charge in [-0.1, -0.05) is 167 Å². The van der Waals surface area contributed by atoms with Crippen LogP contribution in [0.5, 0.6) is 0 Å². The number of allylic oxidation sites excluding steroid dienone is 5. The van der Waals surface area contributed by atoms with E-state index in [4.69, 9.17) is 19.3 Å². The molecule has 2 N–H and O–H groups in total. The zero-order chi connectivity index (χ0) is 35.2. The topological polar surface area (TPSA) is 102 Å². The van der Waals surface area contributed by atoms with Crippen molar-refractivity contribution in [3.63, 3.8) is 0 Å². The number of unbranched alkanes of at least 4 members (excludes halogenated alkanes) is 23. The van der Waals surface area contributed by atoms with Crippen molar-refractivity contribution in [2.24, 2.45) is 0 Å². The summed E-state index contributed by atoms with van der Waals surface area (Å²) in [7, 11) is -4.67. The van der Waals surface area contributed by atoms with E-state index in [0.29, 0.717) is 0 Å². The van der Waals surface area contributed by atoms with Crippen LogP contribution in [0, 0.1) is 0 Å². The summed E-state index contributed by atoms with van der Waals surface area (Å²) in [5.74, 6) is -0.398. The lowest BCUT2D eigenvalue weighted by Crippen LogP contribution is -2.27. The minimum Gasteiger partial charge on any atom is -0.498 e. The van der Waals surface area contributed by atoms with Crippen LogP contribution in [0.4, 0.5) is 0 Å². The Kier molecular flexibility index (Phi) is 35.8. The van der Waals surface area contributed by atoms with Crippen LogP contribution in [0.25, 0.3) is 0 Å². The van der Waals surface area contributed by atoms with E-state index in [1.807, 2.05) is 6.08 Å². The Labute approximate surface area is 296 Å². The first-order chi connectivity index (χ1) is 23.4. The van der Waals surface area contributed by atoms with Crippen molar-refractivity contribution in [2.45, 2.75) is 200 Å². The van der Waals surface area contributed by atoms with E-state index >= 15 is 0 Å². The van der Waals surface area contributed by atoms with E-state index in [1.54, 1.807) is 6.26 Å². The van der Waals surface area contributed by atoms with Crippen molar-refractivity contribution >= 4 is 13.8 Å². The Bertz CT molecular complexity index is 820. The van der Waals surface area contributed by atoms with E-state index in [-0.39, 0.29) is 13.0 Å². The number of rotatable bonds is 37. The minimum absolute atomic E-state index is 0.0107. The molecule has 0 saturated carbocycles. The highest BCUT2D eigenvalue weighted by Crippen LogP contribution is 2.36. The molecule has 8 heteroatoms. The van der Waals surface area contributed by atoms with Crippen LogP contribution >= 0.6 is 7.82 Å².